The minimum atomic E-state index is -0.509. The van der Waals surface area contributed by atoms with E-state index in [4.69, 9.17) is 11.6 Å². The van der Waals surface area contributed by atoms with Crippen molar-refractivity contribution >= 4 is 34.3 Å². The molecule has 1 aliphatic rings. The molecule has 0 unspecified atom stereocenters. The molecule has 1 aliphatic heterocycles. The maximum absolute atomic E-state index is 12.9. The molecule has 1 saturated heterocycles. The van der Waals surface area contributed by atoms with Crippen molar-refractivity contribution in [2.24, 2.45) is 0 Å². The summed E-state index contributed by atoms with van der Waals surface area (Å²) in [5.74, 6) is -0.461. The number of nitrogens with one attached hydrogen (secondary N) is 2. The summed E-state index contributed by atoms with van der Waals surface area (Å²) in [6.45, 7) is 0.571. The lowest BCUT2D eigenvalue weighted by Crippen LogP contribution is -2.40. The maximum atomic E-state index is 12.9. The lowest BCUT2D eigenvalue weighted by molar-refractivity contribution is -0.120. The van der Waals surface area contributed by atoms with E-state index >= 15 is 0 Å². The molecular weight excluding hydrogens is 350 g/mol. The molecule has 0 aliphatic carbocycles. The fourth-order valence-electron chi connectivity index (χ4n) is 3.11. The molecule has 0 spiro atoms. The highest BCUT2D eigenvalue weighted by atomic mass is 35.5. The van der Waals surface area contributed by atoms with E-state index in [1.54, 1.807) is 24.3 Å². The van der Waals surface area contributed by atoms with E-state index in [2.05, 4.69) is 15.6 Å². The zero-order valence-corrected chi connectivity index (χ0v) is 14.6. The van der Waals surface area contributed by atoms with Crippen LogP contribution in [0.4, 0.5) is 0 Å². The Bertz CT molecular complexity index is 1000. The molecule has 0 saturated carbocycles. The molecule has 5 nitrogen and oxygen atoms in total. The highest BCUT2D eigenvalue weighted by Crippen LogP contribution is 2.27. The van der Waals surface area contributed by atoms with Crippen LogP contribution in [0.2, 0.25) is 5.02 Å². The predicted octanol–water partition coefficient (Wildman–Crippen LogP) is 3.17. The highest BCUT2D eigenvalue weighted by Gasteiger charge is 2.26. The Kier molecular flexibility index (Phi) is 4.31. The first-order chi connectivity index (χ1) is 12.6. The Hall–Kier alpha value is -2.92. The van der Waals surface area contributed by atoms with Crippen molar-refractivity contribution < 1.29 is 9.59 Å². The number of hydrogen-bond donors (Lipinski definition) is 2. The Morgan fingerprint density at radius 3 is 2.69 bits per heavy atom. The third kappa shape index (κ3) is 3.13. The summed E-state index contributed by atoms with van der Waals surface area (Å²) < 4.78 is 0. The van der Waals surface area contributed by atoms with E-state index in [0.717, 1.165) is 5.56 Å². The number of aromatic nitrogens is 1. The fourth-order valence-corrected chi connectivity index (χ4v) is 3.28. The van der Waals surface area contributed by atoms with Gasteiger partial charge in [0.05, 0.1) is 16.8 Å². The summed E-state index contributed by atoms with van der Waals surface area (Å²) >= 11 is 6.12. The number of amides is 2. The third-order valence-electron chi connectivity index (χ3n) is 4.44. The van der Waals surface area contributed by atoms with Gasteiger partial charge in [-0.05, 0) is 30.7 Å². The molecule has 2 aromatic carbocycles. The van der Waals surface area contributed by atoms with Gasteiger partial charge < -0.3 is 10.6 Å². The van der Waals surface area contributed by atoms with E-state index in [-0.39, 0.29) is 11.8 Å². The van der Waals surface area contributed by atoms with E-state index in [1.165, 1.54) is 0 Å². The highest BCUT2D eigenvalue weighted by molar-refractivity contribution is 6.31. The number of carbonyl (C=O) groups is 2. The van der Waals surface area contributed by atoms with Crippen LogP contribution >= 0.6 is 11.6 Å². The molecule has 0 radical (unpaired) electrons. The normalized spacial score (nSPS) is 16.5. The molecule has 1 aromatic heterocycles. The van der Waals surface area contributed by atoms with Gasteiger partial charge in [0.15, 0.2) is 0 Å². The van der Waals surface area contributed by atoms with Gasteiger partial charge in [0.1, 0.15) is 6.04 Å². The third-order valence-corrected chi connectivity index (χ3v) is 4.67. The molecular formula is C20H16ClN3O2. The summed E-state index contributed by atoms with van der Waals surface area (Å²) in [7, 11) is 0. The summed E-state index contributed by atoms with van der Waals surface area (Å²) in [6, 6.07) is 16.2. The van der Waals surface area contributed by atoms with Gasteiger partial charge in [0.25, 0.3) is 5.91 Å². The first-order valence-electron chi connectivity index (χ1n) is 8.36. The lowest BCUT2D eigenvalue weighted by Gasteiger charge is -2.13. The van der Waals surface area contributed by atoms with Crippen LogP contribution in [0.15, 0.2) is 54.6 Å². The number of halogens is 1. The molecule has 26 heavy (non-hydrogen) atoms. The van der Waals surface area contributed by atoms with Gasteiger partial charge in [-0.3, -0.25) is 9.59 Å². The average molecular weight is 366 g/mol. The van der Waals surface area contributed by atoms with Gasteiger partial charge >= 0.3 is 0 Å². The number of rotatable bonds is 3. The molecule has 1 fully saturated rings. The summed E-state index contributed by atoms with van der Waals surface area (Å²) in [6.07, 6.45) is 0.583. The zero-order valence-electron chi connectivity index (χ0n) is 13.8. The molecule has 2 amide bonds. The van der Waals surface area contributed by atoms with Crippen LogP contribution in [0.1, 0.15) is 16.8 Å². The van der Waals surface area contributed by atoms with Gasteiger partial charge in [0.2, 0.25) is 5.91 Å². The van der Waals surface area contributed by atoms with Crippen LogP contribution in [-0.4, -0.2) is 29.4 Å². The van der Waals surface area contributed by atoms with Gasteiger partial charge in [-0.1, -0.05) is 41.9 Å². The first kappa shape index (κ1) is 16.5. The average Bonchev–Trinajstić information content (AvgIpc) is 3.06. The van der Waals surface area contributed by atoms with Crippen molar-refractivity contribution in [3.8, 4) is 11.3 Å². The van der Waals surface area contributed by atoms with Crippen LogP contribution in [0, 0.1) is 0 Å². The maximum Gasteiger partial charge on any atom is 0.252 e. The van der Waals surface area contributed by atoms with Crippen LogP contribution in [0.3, 0.4) is 0 Å². The van der Waals surface area contributed by atoms with Gasteiger partial charge in [-0.25, -0.2) is 4.98 Å². The molecule has 1 atom stereocenters. The SMILES string of the molecule is O=C(N[C@@H]1CCNC1=O)c1cc(-c2ccccc2)nc2ccc(Cl)cc12. The Labute approximate surface area is 155 Å². The zero-order chi connectivity index (χ0) is 18.1. The topological polar surface area (TPSA) is 71.1 Å². The van der Waals surface area contributed by atoms with E-state index < -0.39 is 6.04 Å². The Morgan fingerprint density at radius 2 is 1.96 bits per heavy atom. The van der Waals surface area contributed by atoms with E-state index in [1.807, 2.05) is 30.3 Å². The Morgan fingerprint density at radius 1 is 1.15 bits per heavy atom. The number of pyridine rings is 1. The number of nitrogens with zero attached hydrogens (tertiary/aromatic N) is 1. The summed E-state index contributed by atoms with van der Waals surface area (Å²) in [4.78, 5) is 29.3. The minimum Gasteiger partial charge on any atom is -0.354 e. The molecule has 130 valence electrons. The van der Waals surface area contributed by atoms with Crippen molar-refractivity contribution in [3.63, 3.8) is 0 Å². The summed E-state index contributed by atoms with van der Waals surface area (Å²) in [5, 5.41) is 6.72. The fraction of sp³-hybridized carbons (Fsp3) is 0.150. The lowest BCUT2D eigenvalue weighted by atomic mass is 10.0. The number of benzene rings is 2. The number of carbonyl (C=O) groups excluding carboxylic acids is 2. The van der Waals surface area contributed by atoms with Gasteiger partial charge in [-0.2, -0.15) is 0 Å². The van der Waals surface area contributed by atoms with Crippen molar-refractivity contribution in [1.82, 2.24) is 15.6 Å². The van der Waals surface area contributed by atoms with E-state index in [9.17, 15) is 9.59 Å². The quantitative estimate of drug-likeness (QED) is 0.748. The first-order valence-corrected chi connectivity index (χ1v) is 8.74. The van der Waals surface area contributed by atoms with Gasteiger partial charge in [0, 0.05) is 22.5 Å². The van der Waals surface area contributed by atoms with E-state index in [0.29, 0.717) is 40.1 Å². The molecule has 3 aromatic rings. The second-order valence-electron chi connectivity index (χ2n) is 6.19. The smallest absolute Gasteiger partial charge is 0.252 e. The van der Waals surface area contributed by atoms with Gasteiger partial charge in [-0.15, -0.1) is 0 Å². The molecule has 2 heterocycles. The number of fused-ring (bicyclic) bond motifs is 1. The van der Waals surface area contributed by atoms with Crippen molar-refractivity contribution in [2.75, 3.05) is 6.54 Å². The minimum absolute atomic E-state index is 0.155. The monoisotopic (exact) mass is 365 g/mol. The largest absolute Gasteiger partial charge is 0.354 e. The van der Waals surface area contributed by atoms with Crippen molar-refractivity contribution in [3.05, 3.63) is 65.2 Å². The van der Waals surface area contributed by atoms with Crippen LogP contribution in [0.25, 0.3) is 22.2 Å². The molecule has 6 heteroatoms. The van der Waals surface area contributed by atoms with Crippen molar-refractivity contribution in [1.29, 1.82) is 0 Å². The molecule has 4 rings (SSSR count). The molecule has 2 N–H and O–H groups in total. The standard InChI is InChI=1S/C20H16ClN3O2/c21-13-6-7-16-14(10-13)15(19(25)24-17-8-9-22-20(17)26)11-18(23-16)12-4-2-1-3-5-12/h1-7,10-11,17H,8-9H2,(H,22,26)(H,24,25)/t17-/m1/s1. The number of hydrogen-bond acceptors (Lipinski definition) is 3. The Balaban J connectivity index is 1.81. The van der Waals surface area contributed by atoms with Crippen LogP contribution in [0.5, 0.6) is 0 Å². The van der Waals surface area contributed by atoms with Crippen LogP contribution in [-0.2, 0) is 4.79 Å². The summed E-state index contributed by atoms with van der Waals surface area (Å²) in [5.41, 5.74) is 2.74. The predicted molar refractivity (Wildman–Crippen MR) is 101 cm³/mol. The molecule has 0 bridgehead atoms. The van der Waals surface area contributed by atoms with Crippen molar-refractivity contribution in [2.45, 2.75) is 12.5 Å². The second-order valence-corrected chi connectivity index (χ2v) is 6.62. The van der Waals surface area contributed by atoms with Crippen LogP contribution < -0.4 is 10.6 Å². The second kappa shape index (κ2) is 6.77.